The second-order valence-electron chi connectivity index (χ2n) is 4.85. The van der Waals surface area contributed by atoms with Gasteiger partial charge in [0, 0.05) is 27.4 Å². The van der Waals surface area contributed by atoms with Gasteiger partial charge < -0.3 is 35.3 Å². The van der Waals surface area contributed by atoms with Gasteiger partial charge in [0.1, 0.15) is 18.8 Å². The van der Waals surface area contributed by atoms with Crippen LogP contribution in [0.5, 0.6) is 0 Å². The van der Waals surface area contributed by atoms with E-state index in [1.165, 1.54) is 0 Å². The second-order valence-corrected chi connectivity index (χ2v) is 4.85. The summed E-state index contributed by atoms with van der Waals surface area (Å²) in [5, 5.41) is 5.46. The van der Waals surface area contributed by atoms with E-state index in [1.807, 2.05) is 0 Å². The van der Waals surface area contributed by atoms with E-state index in [0.29, 0.717) is 32.8 Å². The Kier molecular flexibility index (Phi) is 13.6. The largest absolute Gasteiger partial charge is 0.382 e. The minimum Gasteiger partial charge on any atom is -0.382 e. The van der Waals surface area contributed by atoms with Crippen molar-refractivity contribution in [3.8, 4) is 0 Å². The van der Waals surface area contributed by atoms with Gasteiger partial charge in [0.05, 0.1) is 19.8 Å². The molecular weight excluding hydrogens is 306 g/mol. The number of carbonyl (C=O) groups is 2. The number of hydrogen-bond acceptors (Lipinski definition) is 7. The molecule has 0 saturated carbocycles. The molecule has 0 aliphatic rings. The molecule has 23 heavy (non-hydrogen) atoms. The van der Waals surface area contributed by atoms with Crippen LogP contribution in [0, 0.1) is 0 Å². The lowest BCUT2D eigenvalue weighted by atomic mass is 10.3. The van der Waals surface area contributed by atoms with Crippen molar-refractivity contribution < 1.29 is 28.5 Å². The molecule has 0 rings (SSSR count). The first-order chi connectivity index (χ1) is 11.0. The molecule has 0 fully saturated rings. The monoisotopic (exact) mass is 335 g/mol. The number of methoxy groups -OCH3 is 2. The van der Waals surface area contributed by atoms with Gasteiger partial charge >= 0.3 is 0 Å². The lowest BCUT2D eigenvalue weighted by molar-refractivity contribution is -0.127. The Morgan fingerprint density at radius 2 is 1.87 bits per heavy atom. The van der Waals surface area contributed by atoms with Crippen LogP contribution in [0.3, 0.4) is 0 Å². The third-order valence-electron chi connectivity index (χ3n) is 2.99. The zero-order valence-corrected chi connectivity index (χ0v) is 14.1. The number of nitrogens with two attached hydrogens (primary N) is 1. The number of primary amides is 1. The van der Waals surface area contributed by atoms with Crippen molar-refractivity contribution in [3.63, 3.8) is 0 Å². The highest BCUT2D eigenvalue weighted by atomic mass is 16.5. The smallest absolute Gasteiger partial charge is 0.246 e. The van der Waals surface area contributed by atoms with E-state index in [9.17, 15) is 9.59 Å². The van der Waals surface area contributed by atoms with Crippen LogP contribution in [-0.2, 0) is 28.5 Å². The van der Waals surface area contributed by atoms with E-state index in [2.05, 4.69) is 10.6 Å². The van der Waals surface area contributed by atoms with Crippen LogP contribution in [0.4, 0.5) is 0 Å². The van der Waals surface area contributed by atoms with E-state index < -0.39 is 11.9 Å². The van der Waals surface area contributed by atoms with Gasteiger partial charge in [-0.3, -0.25) is 9.59 Å². The molecule has 0 heterocycles. The lowest BCUT2D eigenvalue weighted by Crippen LogP contribution is -2.42. The number of carbonyl (C=O) groups excluding carboxylic acids is 2. The summed E-state index contributed by atoms with van der Waals surface area (Å²) in [5.41, 5.74) is 5.16. The van der Waals surface area contributed by atoms with Crippen molar-refractivity contribution in [1.82, 2.24) is 10.6 Å². The summed E-state index contributed by atoms with van der Waals surface area (Å²) in [4.78, 5) is 22.5. The van der Waals surface area contributed by atoms with Gasteiger partial charge in [0.2, 0.25) is 11.8 Å². The molecule has 136 valence electrons. The lowest BCUT2D eigenvalue weighted by Gasteiger charge is -2.14. The first-order valence-corrected chi connectivity index (χ1v) is 7.45. The second kappa shape index (κ2) is 14.3. The standard InChI is InChI=1S/C14H29N3O6/c1-16-12(14(15)19)9-22-6-4-5-17-13(18)10-23-8-11(21-3)7-20-2/h11-12,16H,4-10H2,1-3H3,(H2,15,19)(H,17,18). The molecule has 0 aliphatic heterocycles. The Morgan fingerprint density at radius 1 is 1.13 bits per heavy atom. The number of likely N-dealkylation sites (N-methyl/N-ethyl adjacent to an activating group) is 1. The predicted octanol–water partition coefficient (Wildman–Crippen LogP) is -1.74. The zero-order chi connectivity index (χ0) is 17.5. The molecule has 9 heteroatoms. The Morgan fingerprint density at radius 3 is 2.43 bits per heavy atom. The van der Waals surface area contributed by atoms with Crippen molar-refractivity contribution in [2.45, 2.75) is 18.6 Å². The van der Waals surface area contributed by atoms with E-state index >= 15 is 0 Å². The van der Waals surface area contributed by atoms with Crippen LogP contribution < -0.4 is 16.4 Å². The summed E-state index contributed by atoms with van der Waals surface area (Å²) in [6.07, 6.45) is 0.442. The van der Waals surface area contributed by atoms with Crippen LogP contribution >= 0.6 is 0 Å². The minimum absolute atomic E-state index is 0.0338. The van der Waals surface area contributed by atoms with E-state index in [1.54, 1.807) is 21.3 Å². The van der Waals surface area contributed by atoms with Crippen molar-refractivity contribution in [1.29, 1.82) is 0 Å². The molecule has 4 N–H and O–H groups in total. The maximum atomic E-state index is 11.5. The van der Waals surface area contributed by atoms with Crippen LogP contribution in [0.1, 0.15) is 6.42 Å². The summed E-state index contributed by atoms with van der Waals surface area (Å²) >= 11 is 0. The highest BCUT2D eigenvalue weighted by Gasteiger charge is 2.12. The Balaban J connectivity index is 3.55. The Bertz CT molecular complexity index is 330. The molecule has 9 nitrogen and oxygen atoms in total. The first kappa shape index (κ1) is 21.7. The summed E-state index contributed by atoms with van der Waals surface area (Å²) in [6.45, 7) is 1.77. The quantitative estimate of drug-likeness (QED) is 0.304. The number of rotatable bonds is 15. The molecule has 0 radical (unpaired) electrons. The molecule has 2 amide bonds. The normalized spacial score (nSPS) is 13.5. The molecular formula is C14H29N3O6. The Hall–Kier alpha value is -1.26. The molecule has 2 unspecified atom stereocenters. The third kappa shape index (κ3) is 11.9. The van der Waals surface area contributed by atoms with Gasteiger partial charge in [0.25, 0.3) is 0 Å². The number of nitrogens with one attached hydrogen (secondary N) is 2. The molecule has 0 aromatic carbocycles. The molecule has 0 aromatic rings. The van der Waals surface area contributed by atoms with Gasteiger partial charge in [-0.25, -0.2) is 0 Å². The molecule has 0 aromatic heterocycles. The first-order valence-electron chi connectivity index (χ1n) is 7.45. The van der Waals surface area contributed by atoms with Gasteiger partial charge in [-0.1, -0.05) is 0 Å². The van der Waals surface area contributed by atoms with Crippen LogP contribution in [-0.4, -0.2) is 84.8 Å². The zero-order valence-electron chi connectivity index (χ0n) is 14.1. The van der Waals surface area contributed by atoms with Crippen molar-refractivity contribution in [2.75, 3.05) is 60.8 Å². The highest BCUT2D eigenvalue weighted by molar-refractivity contribution is 5.79. The van der Waals surface area contributed by atoms with Crippen molar-refractivity contribution in [3.05, 3.63) is 0 Å². The fourth-order valence-corrected chi connectivity index (χ4v) is 1.62. The van der Waals surface area contributed by atoms with E-state index in [-0.39, 0.29) is 25.2 Å². The van der Waals surface area contributed by atoms with Crippen LogP contribution in [0.25, 0.3) is 0 Å². The van der Waals surface area contributed by atoms with Gasteiger partial charge in [0.15, 0.2) is 0 Å². The number of hydrogen-bond donors (Lipinski definition) is 3. The van der Waals surface area contributed by atoms with Crippen LogP contribution in [0.15, 0.2) is 0 Å². The van der Waals surface area contributed by atoms with Gasteiger partial charge in [-0.15, -0.1) is 0 Å². The van der Waals surface area contributed by atoms with Gasteiger partial charge in [-0.2, -0.15) is 0 Å². The summed E-state index contributed by atoms with van der Waals surface area (Å²) in [5.74, 6) is -0.664. The summed E-state index contributed by atoms with van der Waals surface area (Å²) in [7, 11) is 4.77. The molecule has 2 atom stereocenters. The Labute approximate surface area is 137 Å². The molecule has 0 saturated heterocycles. The minimum atomic E-state index is -0.501. The number of ether oxygens (including phenoxy) is 4. The van der Waals surface area contributed by atoms with Crippen LogP contribution in [0.2, 0.25) is 0 Å². The molecule has 0 bridgehead atoms. The average molecular weight is 335 g/mol. The third-order valence-corrected chi connectivity index (χ3v) is 2.99. The summed E-state index contributed by atoms with van der Waals surface area (Å²) in [6, 6.07) is -0.501. The summed E-state index contributed by atoms with van der Waals surface area (Å²) < 4.78 is 20.6. The van der Waals surface area contributed by atoms with Crippen molar-refractivity contribution in [2.24, 2.45) is 5.73 Å². The maximum Gasteiger partial charge on any atom is 0.246 e. The topological polar surface area (TPSA) is 121 Å². The molecule has 0 aliphatic carbocycles. The van der Waals surface area contributed by atoms with Crippen molar-refractivity contribution >= 4 is 11.8 Å². The average Bonchev–Trinajstić information content (AvgIpc) is 2.52. The fourth-order valence-electron chi connectivity index (χ4n) is 1.62. The predicted molar refractivity (Wildman–Crippen MR) is 84.0 cm³/mol. The van der Waals surface area contributed by atoms with E-state index in [0.717, 1.165) is 0 Å². The SMILES string of the molecule is CNC(COCCCNC(=O)COCC(COC)OC)C(N)=O. The fraction of sp³-hybridized carbons (Fsp3) is 0.857. The maximum absolute atomic E-state index is 11.5. The highest BCUT2D eigenvalue weighted by Crippen LogP contribution is 1.92. The number of amides is 2. The van der Waals surface area contributed by atoms with E-state index in [4.69, 9.17) is 24.7 Å². The van der Waals surface area contributed by atoms with Gasteiger partial charge in [-0.05, 0) is 13.5 Å². The molecule has 0 spiro atoms.